The van der Waals surface area contributed by atoms with E-state index in [0.717, 1.165) is 0 Å². The summed E-state index contributed by atoms with van der Waals surface area (Å²) in [6.45, 7) is 3.58. The number of aliphatic imine (C=N–C) groups is 2. The molecular weight excluding hydrogens is 176 g/mol. The van der Waals surface area contributed by atoms with Crippen molar-refractivity contribution in [2.45, 2.75) is 0 Å². The predicted molar refractivity (Wildman–Crippen MR) is 53.5 cm³/mol. The summed E-state index contributed by atoms with van der Waals surface area (Å²) < 4.78 is 0. The maximum Gasteiger partial charge on any atom is 0.206 e. The minimum atomic E-state index is 0.527. The average molecular weight is 182 g/mol. The molecule has 1 rings (SSSR count). The molecule has 0 bridgehead atoms. The van der Waals surface area contributed by atoms with Gasteiger partial charge in [-0.1, -0.05) is 12.7 Å². The Balaban J connectivity index is 3.12. The van der Waals surface area contributed by atoms with Crippen LogP contribution in [0.3, 0.4) is 0 Å². The first kappa shape index (κ1) is 9.63. The van der Waals surface area contributed by atoms with Gasteiger partial charge in [-0.3, -0.25) is 0 Å². The van der Waals surface area contributed by atoms with E-state index >= 15 is 0 Å². The molecule has 1 aliphatic carbocycles. The fourth-order valence-corrected chi connectivity index (χ4v) is 0.988. The van der Waals surface area contributed by atoms with Crippen LogP contribution in [0.25, 0.3) is 0 Å². The fraction of sp³-hybridized carbons (Fsp3) is 0. The van der Waals surface area contributed by atoms with Crippen molar-refractivity contribution in [3.8, 4) is 12.4 Å². The summed E-state index contributed by atoms with van der Waals surface area (Å²) in [4.78, 5) is 7.14. The quantitative estimate of drug-likeness (QED) is 0.455. The van der Waals surface area contributed by atoms with Gasteiger partial charge in [0.1, 0.15) is 0 Å². The molecule has 0 spiro atoms. The third kappa shape index (κ3) is 2.02. The van der Waals surface area contributed by atoms with Crippen molar-refractivity contribution < 1.29 is 0 Å². The summed E-state index contributed by atoms with van der Waals surface area (Å²) >= 11 is 0. The zero-order chi connectivity index (χ0) is 10.4. The fourth-order valence-electron chi connectivity index (χ4n) is 0.988. The lowest BCUT2D eigenvalue weighted by Gasteiger charge is -2.05. The number of rotatable bonds is 1. The van der Waals surface area contributed by atoms with Gasteiger partial charge in [0.2, 0.25) is 12.4 Å². The molecule has 66 valence electrons. The molecule has 0 atom stereocenters. The van der Waals surface area contributed by atoms with Crippen molar-refractivity contribution in [2.75, 3.05) is 0 Å². The Morgan fingerprint density at radius 1 is 1.21 bits per heavy atom. The maximum atomic E-state index is 8.39. The molecule has 0 aliphatic heterocycles. The zero-order valence-electron chi connectivity index (χ0n) is 7.31. The van der Waals surface area contributed by atoms with Crippen molar-refractivity contribution in [1.82, 2.24) is 0 Å². The Kier molecular flexibility index (Phi) is 3.12. The number of allylic oxidation sites excluding steroid dienone is 5. The Bertz CT molecular complexity index is 449. The molecule has 0 aromatic rings. The minimum absolute atomic E-state index is 0.527. The van der Waals surface area contributed by atoms with Gasteiger partial charge >= 0.3 is 0 Å². The topological polar surface area (TPSA) is 72.3 Å². The summed E-state index contributed by atoms with van der Waals surface area (Å²) in [5, 5.41) is 16.7. The lowest BCUT2D eigenvalue weighted by atomic mass is 10.0. The lowest BCUT2D eigenvalue weighted by molar-refractivity contribution is 1.43. The van der Waals surface area contributed by atoms with E-state index < -0.39 is 0 Å². The number of hydrogen-bond acceptors (Lipinski definition) is 4. The molecule has 0 aromatic carbocycles. The van der Waals surface area contributed by atoms with E-state index in [1.54, 1.807) is 36.7 Å². The summed E-state index contributed by atoms with van der Waals surface area (Å²) in [7, 11) is 0. The van der Waals surface area contributed by atoms with Gasteiger partial charge in [0.05, 0.1) is 11.4 Å². The molecule has 4 heteroatoms. The molecule has 0 aromatic heterocycles. The van der Waals surface area contributed by atoms with Crippen LogP contribution in [0.4, 0.5) is 0 Å². The highest BCUT2D eigenvalue weighted by Gasteiger charge is 2.06. The Labute approximate surface area is 81.5 Å². The van der Waals surface area contributed by atoms with E-state index in [4.69, 9.17) is 10.5 Å². The van der Waals surface area contributed by atoms with Crippen LogP contribution >= 0.6 is 0 Å². The molecule has 0 radical (unpaired) electrons. The molecule has 0 unspecified atom stereocenters. The van der Waals surface area contributed by atoms with E-state index in [9.17, 15) is 0 Å². The van der Waals surface area contributed by atoms with Gasteiger partial charge in [-0.15, -0.1) is 0 Å². The van der Waals surface area contributed by atoms with Crippen LogP contribution in [-0.2, 0) is 0 Å². The Morgan fingerprint density at radius 2 is 1.93 bits per heavy atom. The van der Waals surface area contributed by atoms with Crippen LogP contribution in [0.5, 0.6) is 0 Å². The van der Waals surface area contributed by atoms with E-state index in [1.807, 2.05) is 0 Å². The van der Waals surface area contributed by atoms with Gasteiger partial charge in [0.25, 0.3) is 0 Å². The van der Waals surface area contributed by atoms with Crippen LogP contribution in [0.1, 0.15) is 0 Å². The maximum absolute atomic E-state index is 8.39. The molecule has 0 heterocycles. The third-order valence-electron chi connectivity index (χ3n) is 1.58. The average Bonchev–Trinajstić information content (AvgIpc) is 2.21. The van der Waals surface area contributed by atoms with Crippen LogP contribution in [-0.4, -0.2) is 11.4 Å². The van der Waals surface area contributed by atoms with E-state index in [1.165, 1.54) is 0 Å². The lowest BCUT2D eigenvalue weighted by Crippen LogP contribution is -2.06. The van der Waals surface area contributed by atoms with Crippen LogP contribution in [0.2, 0.25) is 0 Å². The van der Waals surface area contributed by atoms with E-state index in [-0.39, 0.29) is 0 Å². The van der Waals surface area contributed by atoms with E-state index in [0.29, 0.717) is 17.0 Å². The monoisotopic (exact) mass is 182 g/mol. The summed E-state index contributed by atoms with van der Waals surface area (Å²) in [5.74, 6) is 0. The standard InChI is InChI=1S/C10H6N4/c1-2-8-5-9(13-6-11)3-4-10(8)14-7-12/h2-5H,1H2. The van der Waals surface area contributed by atoms with Gasteiger partial charge < -0.3 is 0 Å². The molecular formula is C10H6N4. The molecule has 4 nitrogen and oxygen atoms in total. The molecule has 1 aliphatic rings. The summed E-state index contributed by atoms with van der Waals surface area (Å²) in [6.07, 6.45) is 9.82. The van der Waals surface area contributed by atoms with Crippen molar-refractivity contribution in [2.24, 2.45) is 9.98 Å². The van der Waals surface area contributed by atoms with E-state index in [2.05, 4.69) is 16.6 Å². The van der Waals surface area contributed by atoms with Gasteiger partial charge in [0, 0.05) is 5.57 Å². The first-order chi connectivity index (χ1) is 6.81. The van der Waals surface area contributed by atoms with Gasteiger partial charge in [-0.25, -0.2) is 0 Å². The second kappa shape index (κ2) is 4.54. The number of nitrogens with zero attached hydrogens (tertiary/aromatic N) is 4. The number of hydrogen-bond donors (Lipinski definition) is 0. The van der Waals surface area contributed by atoms with Gasteiger partial charge in [0.15, 0.2) is 0 Å². The van der Waals surface area contributed by atoms with Gasteiger partial charge in [-0.05, 0) is 18.2 Å². The second-order valence-electron chi connectivity index (χ2n) is 2.37. The molecule has 0 saturated heterocycles. The highest BCUT2D eigenvalue weighted by atomic mass is 14.7. The van der Waals surface area contributed by atoms with Crippen molar-refractivity contribution in [3.63, 3.8) is 0 Å². The van der Waals surface area contributed by atoms with Crippen LogP contribution in [0.15, 0.2) is 46.4 Å². The van der Waals surface area contributed by atoms with Crippen LogP contribution in [0, 0.1) is 22.9 Å². The SMILES string of the molecule is C=CC1=CC(=NC#N)C=CC1=NC#N. The van der Waals surface area contributed by atoms with Gasteiger partial charge in [-0.2, -0.15) is 20.5 Å². The second-order valence-corrected chi connectivity index (χ2v) is 2.37. The normalized spacial score (nSPS) is 20.0. The molecule has 0 fully saturated rings. The predicted octanol–water partition coefficient (Wildman–Crippen LogP) is 1.51. The molecule has 0 saturated carbocycles. The minimum Gasteiger partial charge on any atom is -0.174 e. The molecule has 0 N–H and O–H groups in total. The number of nitriles is 2. The summed E-state index contributed by atoms with van der Waals surface area (Å²) in [5.41, 5.74) is 1.74. The highest BCUT2D eigenvalue weighted by molar-refractivity contribution is 6.22. The zero-order valence-corrected chi connectivity index (χ0v) is 7.31. The first-order valence-corrected chi connectivity index (χ1v) is 3.78. The van der Waals surface area contributed by atoms with Crippen molar-refractivity contribution in [3.05, 3.63) is 36.5 Å². The van der Waals surface area contributed by atoms with Crippen molar-refractivity contribution >= 4 is 11.4 Å². The Morgan fingerprint density at radius 3 is 2.50 bits per heavy atom. The van der Waals surface area contributed by atoms with Crippen LogP contribution < -0.4 is 0 Å². The largest absolute Gasteiger partial charge is 0.206 e. The Hall–Kier alpha value is -2.46. The first-order valence-electron chi connectivity index (χ1n) is 3.78. The molecule has 14 heavy (non-hydrogen) atoms. The summed E-state index contributed by atoms with van der Waals surface area (Å²) in [6, 6.07) is 0. The molecule has 0 amide bonds. The smallest absolute Gasteiger partial charge is 0.174 e. The van der Waals surface area contributed by atoms with Crippen molar-refractivity contribution in [1.29, 1.82) is 10.5 Å². The third-order valence-corrected chi connectivity index (χ3v) is 1.58. The highest BCUT2D eigenvalue weighted by Crippen LogP contribution is 2.08.